The van der Waals surface area contributed by atoms with Crippen molar-refractivity contribution in [3.63, 3.8) is 0 Å². The molecule has 0 spiro atoms. The average molecular weight is 518 g/mol. The summed E-state index contributed by atoms with van der Waals surface area (Å²) in [5.41, 5.74) is 3.25. The molecule has 1 saturated heterocycles. The standard InChI is InChI=1S/C28H27N3O5S/c1-4-35-25-16-19(13-14-24(25)36-17-26(32)29-20-10-6-5-9-18(20)2)15-21-27(33)31(28(37)30-21)22-11-7-8-12-23(22)34-3/h5-16H,4,17H2,1-3H3,(H,29,32)(H,30,37)/b21-15+. The largest absolute Gasteiger partial charge is 0.495 e. The van der Waals surface area contributed by atoms with Crippen molar-refractivity contribution in [2.24, 2.45) is 0 Å². The van der Waals surface area contributed by atoms with Crippen molar-refractivity contribution >= 4 is 46.6 Å². The zero-order valence-corrected chi connectivity index (χ0v) is 21.6. The Hall–Kier alpha value is -4.37. The van der Waals surface area contributed by atoms with Crippen LogP contribution in [0.4, 0.5) is 11.4 Å². The summed E-state index contributed by atoms with van der Waals surface area (Å²) >= 11 is 5.42. The normalized spacial score (nSPS) is 13.9. The Labute approximate surface area is 220 Å². The Morgan fingerprint density at radius 3 is 2.54 bits per heavy atom. The lowest BCUT2D eigenvalue weighted by atomic mass is 10.1. The summed E-state index contributed by atoms with van der Waals surface area (Å²) in [6, 6.07) is 19.9. The molecule has 190 valence electrons. The molecule has 0 unspecified atom stereocenters. The van der Waals surface area contributed by atoms with Gasteiger partial charge in [0.15, 0.2) is 23.2 Å². The maximum atomic E-state index is 13.2. The summed E-state index contributed by atoms with van der Waals surface area (Å²) in [7, 11) is 1.54. The quantitative estimate of drug-likeness (QED) is 0.315. The van der Waals surface area contributed by atoms with Crippen molar-refractivity contribution in [3.8, 4) is 17.2 Å². The molecule has 3 aromatic rings. The van der Waals surface area contributed by atoms with E-state index in [2.05, 4.69) is 10.6 Å². The number of nitrogens with zero attached hydrogens (tertiary/aromatic N) is 1. The van der Waals surface area contributed by atoms with E-state index in [4.69, 9.17) is 26.4 Å². The van der Waals surface area contributed by atoms with E-state index in [1.807, 2.05) is 50.2 Å². The first-order valence-electron chi connectivity index (χ1n) is 11.7. The van der Waals surface area contributed by atoms with Crippen LogP contribution in [-0.4, -0.2) is 37.3 Å². The summed E-state index contributed by atoms with van der Waals surface area (Å²) < 4.78 is 16.9. The van der Waals surface area contributed by atoms with Crippen molar-refractivity contribution in [2.45, 2.75) is 13.8 Å². The number of hydrogen-bond donors (Lipinski definition) is 2. The number of amides is 2. The molecule has 9 heteroatoms. The predicted molar refractivity (Wildman–Crippen MR) is 147 cm³/mol. The van der Waals surface area contributed by atoms with Gasteiger partial charge in [0.25, 0.3) is 11.8 Å². The molecule has 0 saturated carbocycles. The van der Waals surface area contributed by atoms with Gasteiger partial charge in [0.1, 0.15) is 11.4 Å². The fourth-order valence-electron chi connectivity index (χ4n) is 3.78. The zero-order valence-electron chi connectivity index (χ0n) is 20.7. The van der Waals surface area contributed by atoms with Crippen molar-refractivity contribution in [1.29, 1.82) is 0 Å². The lowest BCUT2D eigenvalue weighted by molar-refractivity contribution is -0.118. The van der Waals surface area contributed by atoms with Crippen LogP contribution in [0.2, 0.25) is 0 Å². The van der Waals surface area contributed by atoms with Crippen LogP contribution in [0.15, 0.2) is 72.4 Å². The van der Waals surface area contributed by atoms with Gasteiger partial charge in [0, 0.05) is 5.69 Å². The Balaban J connectivity index is 1.50. The number of methoxy groups -OCH3 is 1. The smallest absolute Gasteiger partial charge is 0.281 e. The van der Waals surface area contributed by atoms with Gasteiger partial charge in [0.2, 0.25) is 0 Å². The van der Waals surface area contributed by atoms with E-state index in [-0.39, 0.29) is 23.5 Å². The molecule has 2 N–H and O–H groups in total. The van der Waals surface area contributed by atoms with E-state index in [0.717, 1.165) is 11.3 Å². The minimum Gasteiger partial charge on any atom is -0.495 e. The summed E-state index contributed by atoms with van der Waals surface area (Å²) in [6.07, 6.45) is 1.68. The van der Waals surface area contributed by atoms with Gasteiger partial charge in [-0.2, -0.15) is 0 Å². The van der Waals surface area contributed by atoms with Crippen molar-refractivity contribution in [2.75, 3.05) is 30.5 Å². The summed E-state index contributed by atoms with van der Waals surface area (Å²) in [5.74, 6) is 0.818. The minimum absolute atomic E-state index is 0.184. The highest BCUT2D eigenvalue weighted by Gasteiger charge is 2.33. The Morgan fingerprint density at radius 1 is 1.03 bits per heavy atom. The van der Waals surface area contributed by atoms with Gasteiger partial charge in [-0.05, 0) is 73.6 Å². The van der Waals surface area contributed by atoms with Gasteiger partial charge in [-0.1, -0.05) is 36.4 Å². The van der Waals surface area contributed by atoms with E-state index < -0.39 is 0 Å². The molecule has 0 atom stereocenters. The number of hydrogen-bond acceptors (Lipinski definition) is 6. The number of thiocarbonyl (C=S) groups is 1. The van der Waals surface area contributed by atoms with E-state index >= 15 is 0 Å². The molecule has 1 aliphatic heterocycles. The molecular formula is C28H27N3O5S. The minimum atomic E-state index is -0.305. The van der Waals surface area contributed by atoms with Crippen LogP contribution < -0.4 is 29.7 Å². The van der Waals surface area contributed by atoms with Crippen LogP contribution in [0.25, 0.3) is 6.08 Å². The molecule has 1 aliphatic rings. The third kappa shape index (κ3) is 5.90. The lowest BCUT2D eigenvalue weighted by Crippen LogP contribution is -2.30. The number of aryl methyl sites for hydroxylation is 1. The zero-order chi connectivity index (χ0) is 26.4. The monoisotopic (exact) mass is 517 g/mol. The number of carbonyl (C=O) groups is 2. The fraction of sp³-hybridized carbons (Fsp3) is 0.179. The summed E-state index contributed by atoms with van der Waals surface area (Å²) in [4.78, 5) is 27.0. The first-order chi connectivity index (χ1) is 17.9. The topological polar surface area (TPSA) is 89.1 Å². The fourth-order valence-corrected chi connectivity index (χ4v) is 4.07. The molecule has 0 aromatic heterocycles. The lowest BCUT2D eigenvalue weighted by Gasteiger charge is -2.17. The van der Waals surface area contributed by atoms with Crippen LogP contribution >= 0.6 is 12.2 Å². The first kappa shape index (κ1) is 25.7. The second-order valence-corrected chi connectivity index (χ2v) is 8.48. The highest BCUT2D eigenvalue weighted by atomic mass is 32.1. The molecule has 0 aliphatic carbocycles. The van der Waals surface area contributed by atoms with Crippen molar-refractivity contribution in [3.05, 3.63) is 83.6 Å². The number of nitrogens with one attached hydrogen (secondary N) is 2. The highest BCUT2D eigenvalue weighted by molar-refractivity contribution is 7.80. The summed E-state index contributed by atoms with van der Waals surface area (Å²) in [5, 5.41) is 6.07. The average Bonchev–Trinajstić information content (AvgIpc) is 3.17. The molecule has 2 amide bonds. The molecule has 8 nitrogen and oxygen atoms in total. The number of anilines is 2. The highest BCUT2D eigenvalue weighted by Crippen LogP contribution is 2.33. The van der Waals surface area contributed by atoms with E-state index in [1.165, 1.54) is 12.0 Å². The molecule has 3 aromatic carbocycles. The second kappa shape index (κ2) is 11.6. The van der Waals surface area contributed by atoms with E-state index in [0.29, 0.717) is 40.8 Å². The number of carbonyl (C=O) groups excluding carboxylic acids is 2. The molecule has 1 fully saturated rings. The molecular weight excluding hydrogens is 490 g/mol. The Bertz CT molecular complexity index is 1370. The maximum Gasteiger partial charge on any atom is 0.281 e. The summed E-state index contributed by atoms with van der Waals surface area (Å²) in [6.45, 7) is 3.99. The number of benzene rings is 3. The number of rotatable bonds is 9. The van der Waals surface area contributed by atoms with Gasteiger partial charge < -0.3 is 24.8 Å². The molecule has 1 heterocycles. The van der Waals surface area contributed by atoms with Crippen LogP contribution in [0.3, 0.4) is 0 Å². The second-order valence-electron chi connectivity index (χ2n) is 8.09. The van der Waals surface area contributed by atoms with Gasteiger partial charge in [0.05, 0.1) is 19.4 Å². The third-order valence-corrected chi connectivity index (χ3v) is 5.85. The van der Waals surface area contributed by atoms with E-state index in [1.54, 1.807) is 36.4 Å². The maximum absolute atomic E-state index is 13.2. The van der Waals surface area contributed by atoms with Gasteiger partial charge in [-0.15, -0.1) is 0 Å². The van der Waals surface area contributed by atoms with Crippen molar-refractivity contribution < 1.29 is 23.8 Å². The molecule has 0 radical (unpaired) electrons. The molecule has 37 heavy (non-hydrogen) atoms. The molecule has 4 rings (SSSR count). The number of para-hydroxylation sites is 3. The molecule has 0 bridgehead atoms. The van der Waals surface area contributed by atoms with Gasteiger partial charge >= 0.3 is 0 Å². The number of ether oxygens (including phenoxy) is 3. The SMILES string of the molecule is CCOc1cc(/C=C2/NC(=S)N(c3ccccc3OC)C2=O)ccc1OCC(=O)Nc1ccccc1C. The van der Waals surface area contributed by atoms with Crippen LogP contribution in [-0.2, 0) is 9.59 Å². The van der Waals surface area contributed by atoms with E-state index in [9.17, 15) is 9.59 Å². The third-order valence-electron chi connectivity index (χ3n) is 5.56. The van der Waals surface area contributed by atoms with Crippen LogP contribution in [0, 0.1) is 6.92 Å². The van der Waals surface area contributed by atoms with Gasteiger partial charge in [-0.3, -0.25) is 9.59 Å². The Kier molecular flexibility index (Phi) is 8.05. The first-order valence-corrected chi connectivity index (χ1v) is 12.1. The predicted octanol–water partition coefficient (Wildman–Crippen LogP) is 4.68. The van der Waals surface area contributed by atoms with Crippen LogP contribution in [0.1, 0.15) is 18.1 Å². The Morgan fingerprint density at radius 2 is 1.78 bits per heavy atom. The van der Waals surface area contributed by atoms with Crippen molar-refractivity contribution in [1.82, 2.24) is 5.32 Å². The van der Waals surface area contributed by atoms with Crippen LogP contribution in [0.5, 0.6) is 17.2 Å². The van der Waals surface area contributed by atoms with Gasteiger partial charge in [-0.25, -0.2) is 4.90 Å².